The van der Waals surface area contributed by atoms with Gasteiger partial charge in [0.05, 0.1) is 23.1 Å². The molecule has 1 aliphatic rings. The van der Waals surface area contributed by atoms with Crippen LogP contribution in [0.5, 0.6) is 0 Å². The Labute approximate surface area is 149 Å². The zero-order chi connectivity index (χ0) is 18.0. The summed E-state index contributed by atoms with van der Waals surface area (Å²) in [5, 5.41) is 22.8. The molecule has 1 aromatic carbocycles. The van der Waals surface area contributed by atoms with Crippen LogP contribution in [0.2, 0.25) is 5.02 Å². The van der Waals surface area contributed by atoms with Crippen molar-refractivity contribution in [1.82, 2.24) is 9.78 Å². The quantitative estimate of drug-likeness (QED) is 0.859. The van der Waals surface area contributed by atoms with Gasteiger partial charge in [0.25, 0.3) is 5.56 Å². The number of piperidine rings is 1. The number of aromatic carboxylic acids is 1. The van der Waals surface area contributed by atoms with Gasteiger partial charge >= 0.3 is 5.97 Å². The number of rotatable bonds is 4. The first kappa shape index (κ1) is 17.4. The largest absolute Gasteiger partial charge is 0.478 e. The molecule has 1 fully saturated rings. The van der Waals surface area contributed by atoms with Crippen molar-refractivity contribution in [1.29, 1.82) is 0 Å². The molecule has 0 bridgehead atoms. The maximum atomic E-state index is 12.7. The van der Waals surface area contributed by atoms with E-state index in [0.29, 0.717) is 12.2 Å². The Hall–Kier alpha value is -2.38. The summed E-state index contributed by atoms with van der Waals surface area (Å²) in [7, 11) is 0. The SMILES string of the molecule is O=C(O)c1ccccc1-n1ncc(N2CCCC(CO)C2)c(Cl)c1=O. The van der Waals surface area contributed by atoms with Gasteiger partial charge in [-0.3, -0.25) is 4.79 Å². The van der Waals surface area contributed by atoms with Crippen molar-refractivity contribution in [3.05, 3.63) is 51.4 Å². The molecule has 1 unspecified atom stereocenters. The number of carbonyl (C=O) groups is 1. The molecular weight excluding hydrogens is 346 g/mol. The topological polar surface area (TPSA) is 95.7 Å². The van der Waals surface area contributed by atoms with E-state index in [1.165, 1.54) is 18.3 Å². The number of aromatic nitrogens is 2. The highest BCUT2D eigenvalue weighted by molar-refractivity contribution is 6.33. The lowest BCUT2D eigenvalue weighted by atomic mass is 9.99. The van der Waals surface area contributed by atoms with Crippen LogP contribution in [0, 0.1) is 5.92 Å². The number of halogens is 1. The molecule has 1 aliphatic heterocycles. The van der Waals surface area contributed by atoms with Crippen molar-refractivity contribution < 1.29 is 15.0 Å². The third-order valence-corrected chi connectivity index (χ3v) is 4.74. The van der Waals surface area contributed by atoms with Gasteiger partial charge in [-0.15, -0.1) is 0 Å². The predicted molar refractivity (Wildman–Crippen MR) is 93.8 cm³/mol. The highest BCUT2D eigenvalue weighted by Crippen LogP contribution is 2.27. The Morgan fingerprint density at radius 2 is 2.08 bits per heavy atom. The molecule has 0 aliphatic carbocycles. The highest BCUT2D eigenvalue weighted by Gasteiger charge is 2.24. The van der Waals surface area contributed by atoms with Gasteiger partial charge in [0.1, 0.15) is 5.02 Å². The molecule has 0 spiro atoms. The number of hydrogen-bond acceptors (Lipinski definition) is 5. The van der Waals surface area contributed by atoms with Crippen LogP contribution in [0.25, 0.3) is 5.69 Å². The van der Waals surface area contributed by atoms with Gasteiger partial charge in [-0.1, -0.05) is 23.7 Å². The van der Waals surface area contributed by atoms with E-state index in [4.69, 9.17) is 11.6 Å². The fourth-order valence-electron chi connectivity index (χ4n) is 3.09. The minimum absolute atomic E-state index is 0.00576. The van der Waals surface area contributed by atoms with E-state index in [1.54, 1.807) is 12.1 Å². The lowest BCUT2D eigenvalue weighted by Gasteiger charge is -2.33. The molecule has 3 rings (SSSR count). The van der Waals surface area contributed by atoms with Crippen molar-refractivity contribution in [3.63, 3.8) is 0 Å². The number of hydrogen-bond donors (Lipinski definition) is 2. The Morgan fingerprint density at radius 3 is 2.80 bits per heavy atom. The lowest BCUT2D eigenvalue weighted by Crippen LogP contribution is -2.38. The average molecular weight is 364 g/mol. The second kappa shape index (κ2) is 7.25. The van der Waals surface area contributed by atoms with E-state index in [0.717, 1.165) is 24.1 Å². The summed E-state index contributed by atoms with van der Waals surface area (Å²) < 4.78 is 1.00. The minimum Gasteiger partial charge on any atom is -0.478 e. The molecule has 132 valence electrons. The zero-order valence-corrected chi connectivity index (χ0v) is 14.2. The number of carboxylic acid groups (broad SMARTS) is 1. The van der Waals surface area contributed by atoms with Crippen molar-refractivity contribution in [2.75, 3.05) is 24.6 Å². The van der Waals surface area contributed by atoms with Crippen LogP contribution in [0.3, 0.4) is 0 Å². The molecule has 1 saturated heterocycles. The third kappa shape index (κ3) is 3.38. The second-order valence-corrected chi connectivity index (χ2v) is 6.40. The second-order valence-electron chi connectivity index (χ2n) is 6.02. The normalized spacial score (nSPS) is 17.5. The van der Waals surface area contributed by atoms with E-state index in [-0.39, 0.29) is 28.8 Å². The summed E-state index contributed by atoms with van der Waals surface area (Å²) in [5.74, 6) is -1.01. The summed E-state index contributed by atoms with van der Waals surface area (Å²) in [5.41, 5.74) is 0.0763. The number of benzene rings is 1. The van der Waals surface area contributed by atoms with Crippen molar-refractivity contribution in [2.24, 2.45) is 5.92 Å². The van der Waals surface area contributed by atoms with Crippen LogP contribution in [0.15, 0.2) is 35.3 Å². The van der Waals surface area contributed by atoms with Crippen molar-refractivity contribution in [2.45, 2.75) is 12.8 Å². The Kier molecular flexibility index (Phi) is 5.06. The maximum absolute atomic E-state index is 12.7. The number of aliphatic hydroxyl groups is 1. The number of nitrogens with zero attached hydrogens (tertiary/aromatic N) is 3. The molecule has 0 radical (unpaired) electrons. The van der Waals surface area contributed by atoms with Gasteiger partial charge in [-0.05, 0) is 30.9 Å². The molecule has 2 N–H and O–H groups in total. The molecule has 8 heteroatoms. The maximum Gasteiger partial charge on any atom is 0.337 e. The van der Waals surface area contributed by atoms with E-state index < -0.39 is 11.5 Å². The number of para-hydroxylation sites is 1. The van der Waals surface area contributed by atoms with E-state index in [9.17, 15) is 19.8 Å². The Balaban J connectivity index is 2.02. The lowest BCUT2D eigenvalue weighted by molar-refractivity contribution is 0.0696. The fourth-order valence-corrected chi connectivity index (χ4v) is 3.34. The van der Waals surface area contributed by atoms with Crippen LogP contribution in [-0.4, -0.2) is 45.7 Å². The van der Waals surface area contributed by atoms with Gasteiger partial charge in [0.15, 0.2) is 0 Å². The Morgan fingerprint density at radius 1 is 1.32 bits per heavy atom. The fraction of sp³-hybridized carbons (Fsp3) is 0.353. The van der Waals surface area contributed by atoms with Crippen LogP contribution >= 0.6 is 11.6 Å². The van der Waals surface area contributed by atoms with E-state index in [1.807, 2.05) is 4.90 Å². The van der Waals surface area contributed by atoms with Crippen LogP contribution in [-0.2, 0) is 0 Å². The molecule has 7 nitrogen and oxygen atoms in total. The summed E-state index contributed by atoms with van der Waals surface area (Å²) in [4.78, 5) is 26.0. The van der Waals surface area contributed by atoms with Crippen molar-refractivity contribution in [3.8, 4) is 5.69 Å². The summed E-state index contributed by atoms with van der Waals surface area (Å²) in [6.45, 7) is 1.42. The van der Waals surface area contributed by atoms with E-state index >= 15 is 0 Å². The first-order chi connectivity index (χ1) is 12.0. The van der Waals surface area contributed by atoms with Crippen molar-refractivity contribution >= 4 is 23.3 Å². The zero-order valence-electron chi connectivity index (χ0n) is 13.4. The molecule has 0 amide bonds. The Bertz CT molecular complexity index is 852. The average Bonchev–Trinajstić information content (AvgIpc) is 2.64. The van der Waals surface area contributed by atoms with E-state index in [2.05, 4.69) is 5.10 Å². The van der Waals surface area contributed by atoms with Gasteiger partial charge in [-0.25, -0.2) is 4.79 Å². The first-order valence-corrected chi connectivity index (χ1v) is 8.37. The van der Waals surface area contributed by atoms with Crippen LogP contribution in [0.4, 0.5) is 5.69 Å². The molecule has 25 heavy (non-hydrogen) atoms. The van der Waals surface area contributed by atoms with Crippen LogP contribution in [0.1, 0.15) is 23.2 Å². The highest BCUT2D eigenvalue weighted by atomic mass is 35.5. The molecule has 2 heterocycles. The molecule has 2 aromatic rings. The van der Waals surface area contributed by atoms with Gasteiger partial charge in [0.2, 0.25) is 0 Å². The summed E-state index contributed by atoms with van der Waals surface area (Å²) in [6, 6.07) is 6.13. The molecule has 1 atom stereocenters. The standard InChI is InChI=1S/C17H18ClN3O4/c18-15-14(20-7-3-4-11(9-20)10-22)8-19-21(16(15)23)13-6-2-1-5-12(13)17(24)25/h1-2,5-6,8,11,22H,3-4,7,9-10H2,(H,24,25). The predicted octanol–water partition coefficient (Wildman–Crippen LogP) is 1.79. The molecular formula is C17H18ClN3O4. The first-order valence-electron chi connectivity index (χ1n) is 7.99. The number of carboxylic acids is 1. The minimum atomic E-state index is -1.15. The van der Waals surface area contributed by atoms with Gasteiger partial charge in [0, 0.05) is 19.7 Å². The number of aliphatic hydroxyl groups excluding tert-OH is 1. The molecule has 0 saturated carbocycles. The third-order valence-electron chi connectivity index (χ3n) is 4.38. The van der Waals surface area contributed by atoms with Crippen LogP contribution < -0.4 is 10.5 Å². The van der Waals surface area contributed by atoms with Gasteiger partial charge < -0.3 is 15.1 Å². The molecule has 1 aromatic heterocycles. The summed E-state index contributed by atoms with van der Waals surface area (Å²) in [6.07, 6.45) is 3.30. The smallest absolute Gasteiger partial charge is 0.337 e. The summed E-state index contributed by atoms with van der Waals surface area (Å²) >= 11 is 6.28. The monoisotopic (exact) mass is 363 g/mol. The van der Waals surface area contributed by atoms with Gasteiger partial charge in [-0.2, -0.15) is 9.78 Å². The number of anilines is 1.